The molecule has 0 aliphatic heterocycles. The molecule has 15 heavy (non-hydrogen) atoms. The summed E-state index contributed by atoms with van der Waals surface area (Å²) in [4.78, 5) is 0. The van der Waals surface area contributed by atoms with Crippen molar-refractivity contribution in [1.29, 1.82) is 0 Å². The Morgan fingerprint density at radius 3 is 2.40 bits per heavy atom. The third kappa shape index (κ3) is 2.70. The normalized spacial score (nSPS) is 26.9. The SMILES string of the molecule is CCOP(=O)(OCC)C1(O)C=CCCC1. The van der Waals surface area contributed by atoms with Gasteiger partial charge >= 0.3 is 7.60 Å². The number of hydrogen-bond donors (Lipinski definition) is 1. The Bertz CT molecular complexity index is 267. The van der Waals surface area contributed by atoms with Gasteiger partial charge in [0.1, 0.15) is 0 Å². The summed E-state index contributed by atoms with van der Waals surface area (Å²) >= 11 is 0. The molecule has 0 heterocycles. The fraction of sp³-hybridized carbons (Fsp3) is 0.800. The zero-order chi connectivity index (χ0) is 11.4. The van der Waals surface area contributed by atoms with E-state index in [2.05, 4.69) is 0 Å². The van der Waals surface area contributed by atoms with Gasteiger partial charge in [-0.25, -0.2) is 0 Å². The molecular formula is C10H19O4P. The molecule has 1 rings (SSSR count). The van der Waals surface area contributed by atoms with Gasteiger partial charge < -0.3 is 14.2 Å². The van der Waals surface area contributed by atoms with Gasteiger partial charge in [-0.3, -0.25) is 4.57 Å². The van der Waals surface area contributed by atoms with Crippen LogP contribution in [0.4, 0.5) is 0 Å². The minimum atomic E-state index is -3.44. The smallest absolute Gasteiger partial charge is 0.365 e. The molecular weight excluding hydrogens is 215 g/mol. The Morgan fingerprint density at radius 2 is 2.00 bits per heavy atom. The lowest BCUT2D eigenvalue weighted by atomic mass is 10.1. The molecule has 0 aromatic rings. The molecule has 4 nitrogen and oxygen atoms in total. The predicted octanol–water partition coefficient (Wildman–Crippen LogP) is 2.68. The average Bonchev–Trinajstić information content (AvgIpc) is 2.19. The molecule has 0 spiro atoms. The van der Waals surface area contributed by atoms with E-state index >= 15 is 0 Å². The first-order valence-electron chi connectivity index (χ1n) is 5.37. The van der Waals surface area contributed by atoms with Crippen LogP contribution in [0.5, 0.6) is 0 Å². The van der Waals surface area contributed by atoms with Crippen LogP contribution in [0.1, 0.15) is 33.1 Å². The van der Waals surface area contributed by atoms with Gasteiger partial charge in [-0.2, -0.15) is 0 Å². The van der Waals surface area contributed by atoms with Crippen molar-refractivity contribution in [2.45, 2.75) is 38.5 Å². The van der Waals surface area contributed by atoms with Gasteiger partial charge in [-0.15, -0.1) is 0 Å². The molecule has 1 aliphatic carbocycles. The van der Waals surface area contributed by atoms with E-state index < -0.39 is 12.9 Å². The maximum absolute atomic E-state index is 12.3. The van der Waals surface area contributed by atoms with Crippen LogP contribution in [0, 0.1) is 0 Å². The van der Waals surface area contributed by atoms with E-state index in [9.17, 15) is 9.67 Å². The monoisotopic (exact) mass is 234 g/mol. The Hall–Kier alpha value is -0.150. The highest BCUT2D eigenvalue weighted by molar-refractivity contribution is 7.55. The Balaban J connectivity index is 2.91. The molecule has 0 aromatic heterocycles. The van der Waals surface area contributed by atoms with E-state index in [1.165, 1.54) is 0 Å². The van der Waals surface area contributed by atoms with Crippen LogP contribution in [0.25, 0.3) is 0 Å². The lowest BCUT2D eigenvalue weighted by Crippen LogP contribution is -2.30. The quantitative estimate of drug-likeness (QED) is 0.587. The van der Waals surface area contributed by atoms with E-state index in [1.807, 2.05) is 6.08 Å². The van der Waals surface area contributed by atoms with Gasteiger partial charge in [0, 0.05) is 0 Å². The van der Waals surface area contributed by atoms with Gasteiger partial charge in [-0.1, -0.05) is 6.08 Å². The Morgan fingerprint density at radius 1 is 1.40 bits per heavy atom. The Kier molecular flexibility index (Phi) is 4.53. The molecule has 5 heteroatoms. The summed E-state index contributed by atoms with van der Waals surface area (Å²) in [5.74, 6) is 0. The first-order chi connectivity index (χ1) is 7.08. The van der Waals surface area contributed by atoms with Crippen molar-refractivity contribution in [3.05, 3.63) is 12.2 Å². The van der Waals surface area contributed by atoms with Crippen molar-refractivity contribution in [3.63, 3.8) is 0 Å². The van der Waals surface area contributed by atoms with Crippen LogP contribution in [0.15, 0.2) is 12.2 Å². The fourth-order valence-electron chi connectivity index (χ4n) is 1.66. The van der Waals surface area contributed by atoms with Crippen LogP contribution < -0.4 is 0 Å². The molecule has 1 unspecified atom stereocenters. The largest absolute Gasteiger partial charge is 0.374 e. The molecule has 1 atom stereocenters. The molecule has 0 amide bonds. The highest BCUT2D eigenvalue weighted by Gasteiger charge is 2.47. The second-order valence-corrected chi connectivity index (χ2v) is 5.79. The summed E-state index contributed by atoms with van der Waals surface area (Å²) in [6, 6.07) is 0. The van der Waals surface area contributed by atoms with Crippen molar-refractivity contribution in [2.75, 3.05) is 13.2 Å². The van der Waals surface area contributed by atoms with E-state index in [0.717, 1.165) is 12.8 Å². The highest BCUT2D eigenvalue weighted by atomic mass is 31.2. The van der Waals surface area contributed by atoms with Crippen molar-refractivity contribution >= 4 is 7.60 Å². The average molecular weight is 234 g/mol. The molecule has 0 bridgehead atoms. The minimum Gasteiger partial charge on any atom is -0.374 e. The predicted molar refractivity (Wildman–Crippen MR) is 58.8 cm³/mol. The summed E-state index contributed by atoms with van der Waals surface area (Å²) in [5.41, 5.74) is 0. The van der Waals surface area contributed by atoms with E-state index in [-0.39, 0.29) is 13.2 Å². The first-order valence-corrected chi connectivity index (χ1v) is 6.91. The molecule has 1 N–H and O–H groups in total. The van der Waals surface area contributed by atoms with Gasteiger partial charge in [-0.05, 0) is 39.2 Å². The summed E-state index contributed by atoms with van der Waals surface area (Å²) in [6.45, 7) is 4.02. The van der Waals surface area contributed by atoms with Crippen molar-refractivity contribution in [3.8, 4) is 0 Å². The van der Waals surface area contributed by atoms with E-state index in [0.29, 0.717) is 6.42 Å². The zero-order valence-electron chi connectivity index (χ0n) is 9.31. The molecule has 1 aliphatic rings. The van der Waals surface area contributed by atoms with Crippen LogP contribution >= 0.6 is 7.60 Å². The minimum absolute atomic E-state index is 0.271. The van der Waals surface area contributed by atoms with Crippen molar-refractivity contribution in [2.24, 2.45) is 0 Å². The molecule has 0 saturated heterocycles. The summed E-state index contributed by atoms with van der Waals surface area (Å²) in [5, 5.41) is 8.82. The molecule has 0 saturated carbocycles. The highest BCUT2D eigenvalue weighted by Crippen LogP contribution is 2.62. The topological polar surface area (TPSA) is 55.8 Å². The number of rotatable bonds is 5. The fourth-order valence-corrected chi connectivity index (χ4v) is 3.59. The van der Waals surface area contributed by atoms with Crippen molar-refractivity contribution in [1.82, 2.24) is 0 Å². The maximum Gasteiger partial charge on any atom is 0.365 e. The summed E-state index contributed by atoms with van der Waals surface area (Å²) < 4.78 is 22.6. The maximum atomic E-state index is 12.3. The lowest BCUT2D eigenvalue weighted by Gasteiger charge is -2.33. The van der Waals surface area contributed by atoms with Crippen LogP contribution in [0.2, 0.25) is 0 Å². The standard InChI is InChI=1S/C10H19O4P/c1-3-13-15(12,14-4-2)10(11)8-6-5-7-9-10/h6,8,11H,3-5,7,9H2,1-2H3. The van der Waals surface area contributed by atoms with Crippen molar-refractivity contribution < 1.29 is 18.7 Å². The van der Waals surface area contributed by atoms with Gasteiger partial charge in [0.25, 0.3) is 0 Å². The summed E-state index contributed by atoms with van der Waals surface area (Å²) in [7, 11) is -3.44. The Labute approximate surface area is 90.8 Å². The lowest BCUT2D eigenvalue weighted by molar-refractivity contribution is 0.0912. The second kappa shape index (κ2) is 5.26. The molecule has 88 valence electrons. The van der Waals surface area contributed by atoms with Crippen LogP contribution in [-0.4, -0.2) is 23.7 Å². The molecule has 0 fully saturated rings. The van der Waals surface area contributed by atoms with Gasteiger partial charge in [0.2, 0.25) is 0 Å². The number of hydrogen-bond acceptors (Lipinski definition) is 4. The zero-order valence-corrected chi connectivity index (χ0v) is 10.2. The molecule has 0 aromatic carbocycles. The summed E-state index contributed by atoms with van der Waals surface area (Å²) in [6.07, 6.45) is 5.52. The van der Waals surface area contributed by atoms with Gasteiger partial charge in [0.05, 0.1) is 13.2 Å². The first kappa shape index (κ1) is 12.9. The number of allylic oxidation sites excluding steroid dienone is 1. The van der Waals surface area contributed by atoms with Crippen LogP contribution in [0.3, 0.4) is 0 Å². The van der Waals surface area contributed by atoms with Crippen LogP contribution in [-0.2, 0) is 13.6 Å². The van der Waals surface area contributed by atoms with E-state index in [1.54, 1.807) is 19.9 Å². The third-order valence-corrected chi connectivity index (χ3v) is 4.89. The second-order valence-electron chi connectivity index (χ2n) is 3.51. The van der Waals surface area contributed by atoms with Gasteiger partial charge in [0.15, 0.2) is 5.34 Å². The molecule has 0 radical (unpaired) electrons. The number of aliphatic hydroxyl groups is 1. The van der Waals surface area contributed by atoms with E-state index in [4.69, 9.17) is 9.05 Å². The third-order valence-electron chi connectivity index (χ3n) is 2.37.